The summed E-state index contributed by atoms with van der Waals surface area (Å²) in [7, 11) is 0. The van der Waals surface area contributed by atoms with Gasteiger partial charge in [-0.2, -0.15) is 0 Å². The molecule has 2 fully saturated rings. The molecule has 1 aromatic heterocycles. The van der Waals surface area contributed by atoms with Crippen LogP contribution in [0.3, 0.4) is 0 Å². The van der Waals surface area contributed by atoms with Crippen molar-refractivity contribution < 1.29 is 0 Å². The smallest absolute Gasteiger partial charge is 0.109 e. The molecule has 134 valence electrons. The van der Waals surface area contributed by atoms with Gasteiger partial charge in [-0.25, -0.2) is 4.98 Å². The number of fused-ring (bicyclic) bond motifs is 1. The van der Waals surface area contributed by atoms with Crippen LogP contribution in [0.1, 0.15) is 38.4 Å². The number of halogens is 2. The van der Waals surface area contributed by atoms with Gasteiger partial charge in [-0.3, -0.25) is 0 Å². The Hall–Kier alpha value is -1.51. The van der Waals surface area contributed by atoms with Crippen molar-refractivity contribution in [3.8, 4) is 11.1 Å². The van der Waals surface area contributed by atoms with Gasteiger partial charge in [-0.1, -0.05) is 48.3 Å². The Morgan fingerprint density at radius 1 is 1.12 bits per heavy atom. The third kappa shape index (κ3) is 2.66. The molecule has 2 saturated carbocycles. The quantitative estimate of drug-likeness (QED) is 0.474. The average molecular weight is 385 g/mol. The molecule has 3 aromatic rings. The van der Waals surface area contributed by atoms with Crippen LogP contribution >= 0.6 is 23.2 Å². The average Bonchev–Trinajstić information content (AvgIpc) is 3.52. The summed E-state index contributed by atoms with van der Waals surface area (Å²) in [5, 5.41) is 1.33. The largest absolute Gasteiger partial charge is 0.327 e. The lowest BCUT2D eigenvalue weighted by molar-refractivity contribution is 0.369. The van der Waals surface area contributed by atoms with Crippen LogP contribution < -0.4 is 0 Å². The van der Waals surface area contributed by atoms with Crippen molar-refractivity contribution in [1.82, 2.24) is 9.55 Å². The second-order valence-electron chi connectivity index (χ2n) is 7.90. The number of hydrogen-bond acceptors (Lipinski definition) is 1. The lowest BCUT2D eigenvalue weighted by Crippen LogP contribution is -2.15. The maximum Gasteiger partial charge on any atom is 0.109 e. The highest BCUT2D eigenvalue weighted by atomic mass is 35.5. The molecule has 0 bridgehead atoms. The Balaban J connectivity index is 1.65. The summed E-state index contributed by atoms with van der Waals surface area (Å²) in [4.78, 5) is 5.03. The second kappa shape index (κ2) is 6.00. The predicted octanol–water partition coefficient (Wildman–Crippen LogP) is 6.76. The van der Waals surface area contributed by atoms with E-state index in [9.17, 15) is 0 Å². The first-order chi connectivity index (χ1) is 12.6. The molecule has 0 atom stereocenters. The first kappa shape index (κ1) is 16.6. The molecule has 0 saturated heterocycles. The maximum absolute atomic E-state index is 6.49. The summed E-state index contributed by atoms with van der Waals surface area (Å²) in [6, 6.07) is 12.1. The van der Waals surface area contributed by atoms with Crippen molar-refractivity contribution in [2.75, 3.05) is 0 Å². The Bertz CT molecular complexity index is 997. The molecule has 0 unspecified atom stereocenters. The first-order valence-electron chi connectivity index (χ1n) is 9.55. The van der Waals surface area contributed by atoms with Gasteiger partial charge in [0.25, 0.3) is 0 Å². The van der Waals surface area contributed by atoms with Gasteiger partial charge in [0, 0.05) is 34.1 Å². The number of para-hydroxylation sites is 1. The van der Waals surface area contributed by atoms with Gasteiger partial charge in [0.1, 0.15) is 5.82 Å². The van der Waals surface area contributed by atoms with Crippen LogP contribution in [-0.2, 0) is 13.0 Å². The van der Waals surface area contributed by atoms with Crippen LogP contribution in [0.5, 0.6) is 0 Å². The molecule has 2 nitrogen and oxygen atoms in total. The minimum atomic E-state index is 0.547. The van der Waals surface area contributed by atoms with E-state index in [0.717, 1.165) is 35.5 Å². The summed E-state index contributed by atoms with van der Waals surface area (Å²) in [5.41, 5.74) is 4.93. The topological polar surface area (TPSA) is 17.8 Å². The molecule has 0 amide bonds. The lowest BCUT2D eigenvalue weighted by Gasteiger charge is -2.17. The molecule has 0 radical (unpaired) electrons. The third-order valence-corrected chi connectivity index (χ3v) is 6.75. The van der Waals surface area contributed by atoms with Crippen LogP contribution in [0.2, 0.25) is 10.0 Å². The van der Waals surface area contributed by atoms with E-state index in [4.69, 9.17) is 28.2 Å². The van der Waals surface area contributed by atoms with Crippen molar-refractivity contribution in [1.29, 1.82) is 0 Å². The summed E-state index contributed by atoms with van der Waals surface area (Å²) in [6.45, 7) is 3.32. The third-order valence-electron chi connectivity index (χ3n) is 6.20. The molecule has 0 N–H and O–H groups in total. The normalized spacial score (nSPS) is 18.4. The van der Waals surface area contributed by atoms with Gasteiger partial charge in [0.15, 0.2) is 0 Å². The van der Waals surface area contributed by atoms with Gasteiger partial charge < -0.3 is 4.57 Å². The standard InChI is InChI=1S/C22H22Cl2N2/c1-2-20-25-21-17(16-9-8-15(23)12-18(16)24)4-3-5-19(21)26(20)13-22(10-11-22)14-6-7-14/h3-5,8-9,12,14H,2,6-7,10-11,13H2,1H3. The fourth-order valence-electron chi connectivity index (χ4n) is 4.43. The molecule has 5 rings (SSSR count). The van der Waals surface area contributed by atoms with Gasteiger partial charge in [0.05, 0.1) is 11.0 Å². The van der Waals surface area contributed by atoms with E-state index in [2.05, 4.69) is 29.7 Å². The van der Waals surface area contributed by atoms with Crippen molar-refractivity contribution in [3.05, 3.63) is 52.3 Å². The molecule has 2 aliphatic rings. The Morgan fingerprint density at radius 2 is 1.92 bits per heavy atom. The molecule has 0 aliphatic heterocycles. The van der Waals surface area contributed by atoms with E-state index in [1.165, 1.54) is 37.0 Å². The molecule has 1 heterocycles. The fourth-order valence-corrected chi connectivity index (χ4v) is 4.94. The molecule has 2 aromatic carbocycles. The SMILES string of the molecule is CCc1nc2c(-c3ccc(Cl)cc3Cl)cccc2n1CC1(C2CC2)CC1. The predicted molar refractivity (Wildman–Crippen MR) is 109 cm³/mol. The minimum absolute atomic E-state index is 0.547. The van der Waals surface area contributed by atoms with Crippen molar-refractivity contribution >= 4 is 34.2 Å². The first-order valence-corrected chi connectivity index (χ1v) is 10.3. The van der Waals surface area contributed by atoms with Crippen molar-refractivity contribution in [3.63, 3.8) is 0 Å². The van der Waals surface area contributed by atoms with Crippen molar-refractivity contribution in [2.24, 2.45) is 11.3 Å². The number of benzene rings is 2. The maximum atomic E-state index is 6.49. The monoisotopic (exact) mass is 384 g/mol. The lowest BCUT2D eigenvalue weighted by atomic mass is 10.00. The summed E-state index contributed by atoms with van der Waals surface area (Å²) >= 11 is 12.6. The number of hydrogen-bond donors (Lipinski definition) is 0. The van der Waals surface area contributed by atoms with Gasteiger partial charge >= 0.3 is 0 Å². The van der Waals surface area contributed by atoms with Gasteiger partial charge in [-0.15, -0.1) is 0 Å². The van der Waals surface area contributed by atoms with E-state index >= 15 is 0 Å². The molecule has 26 heavy (non-hydrogen) atoms. The fraction of sp³-hybridized carbons (Fsp3) is 0.409. The Morgan fingerprint density at radius 3 is 2.58 bits per heavy atom. The molecular weight excluding hydrogens is 363 g/mol. The van der Waals surface area contributed by atoms with Crippen LogP contribution in [0, 0.1) is 11.3 Å². The van der Waals surface area contributed by atoms with Crippen LogP contribution in [0.15, 0.2) is 36.4 Å². The Labute approximate surface area is 164 Å². The van der Waals surface area contributed by atoms with E-state index in [0.29, 0.717) is 15.5 Å². The zero-order chi connectivity index (χ0) is 17.9. The van der Waals surface area contributed by atoms with Crippen LogP contribution in [-0.4, -0.2) is 9.55 Å². The number of imidazole rings is 1. The van der Waals surface area contributed by atoms with Crippen molar-refractivity contribution in [2.45, 2.75) is 45.6 Å². The number of rotatable bonds is 5. The van der Waals surface area contributed by atoms with E-state index in [1.54, 1.807) is 6.07 Å². The second-order valence-corrected chi connectivity index (χ2v) is 8.75. The summed E-state index contributed by atoms with van der Waals surface area (Å²) in [6.07, 6.45) is 6.54. The molecular formula is C22H22Cl2N2. The minimum Gasteiger partial charge on any atom is -0.327 e. The number of aromatic nitrogens is 2. The van der Waals surface area contributed by atoms with Crippen LogP contribution in [0.25, 0.3) is 22.2 Å². The number of aryl methyl sites for hydroxylation is 1. The highest BCUT2D eigenvalue weighted by Crippen LogP contribution is 2.62. The zero-order valence-corrected chi connectivity index (χ0v) is 16.4. The molecule has 0 spiro atoms. The highest BCUT2D eigenvalue weighted by molar-refractivity contribution is 6.36. The molecule has 2 aliphatic carbocycles. The highest BCUT2D eigenvalue weighted by Gasteiger charge is 2.54. The summed E-state index contributed by atoms with van der Waals surface area (Å²) in [5.74, 6) is 2.13. The van der Waals surface area contributed by atoms with E-state index < -0.39 is 0 Å². The zero-order valence-electron chi connectivity index (χ0n) is 14.9. The van der Waals surface area contributed by atoms with E-state index in [1.807, 2.05) is 12.1 Å². The van der Waals surface area contributed by atoms with Gasteiger partial charge in [-0.05, 0) is 55.2 Å². The number of nitrogens with zero attached hydrogens (tertiary/aromatic N) is 2. The molecule has 4 heteroatoms. The Kier molecular flexibility index (Phi) is 3.84. The summed E-state index contributed by atoms with van der Waals surface area (Å²) < 4.78 is 2.48. The van der Waals surface area contributed by atoms with Crippen LogP contribution in [0.4, 0.5) is 0 Å². The van der Waals surface area contributed by atoms with E-state index in [-0.39, 0.29) is 0 Å². The van der Waals surface area contributed by atoms with Gasteiger partial charge in [0.2, 0.25) is 0 Å².